The minimum atomic E-state index is -0.452. The predicted molar refractivity (Wildman–Crippen MR) is 229 cm³/mol. The average molecular weight is 712 g/mol. The van der Waals surface area contributed by atoms with Gasteiger partial charge in [0.15, 0.2) is 5.82 Å². The molecule has 3 heteroatoms. The molecule has 2 aromatic heterocycles. The van der Waals surface area contributed by atoms with Crippen LogP contribution in [0.4, 0.5) is 0 Å². The van der Waals surface area contributed by atoms with Gasteiger partial charge in [-0.15, -0.1) is 0 Å². The summed E-state index contributed by atoms with van der Waals surface area (Å²) in [6.45, 7) is 0. The van der Waals surface area contributed by atoms with Crippen LogP contribution in [0.3, 0.4) is 0 Å². The molecule has 0 amide bonds. The van der Waals surface area contributed by atoms with E-state index in [-0.39, 0.29) is 0 Å². The maximum atomic E-state index is 5.09. The molecular formula is C53H33N3. The molecule has 0 fully saturated rings. The molecule has 0 bridgehead atoms. The van der Waals surface area contributed by atoms with Crippen molar-refractivity contribution in [3.05, 3.63) is 222 Å². The summed E-state index contributed by atoms with van der Waals surface area (Å²) in [6, 6.07) is 72.5. The smallest absolute Gasteiger partial charge is 0.160 e. The molecule has 56 heavy (non-hydrogen) atoms. The first-order valence-corrected chi connectivity index (χ1v) is 19.2. The first-order valence-electron chi connectivity index (χ1n) is 19.2. The maximum absolute atomic E-state index is 5.09. The molecule has 260 valence electrons. The molecule has 0 radical (unpaired) electrons. The SMILES string of the molecule is c1ccc(-c2cc(-c3ccccc3)nc(-c3ccc(-c4ccc5c(c4)-n4c6ccccc6c6cccc(c64)C54c5ccccc5-c5ccccc54)cc3)n2)cc1. The first kappa shape index (κ1) is 31.0. The molecule has 12 rings (SSSR count). The van der Waals surface area contributed by atoms with Crippen molar-refractivity contribution in [3.8, 4) is 61.8 Å². The van der Waals surface area contributed by atoms with Crippen LogP contribution in [0.2, 0.25) is 0 Å². The third kappa shape index (κ3) is 4.28. The highest BCUT2D eigenvalue weighted by molar-refractivity contribution is 6.13. The van der Waals surface area contributed by atoms with Crippen molar-refractivity contribution in [2.75, 3.05) is 0 Å². The van der Waals surface area contributed by atoms with Gasteiger partial charge in [0, 0.05) is 27.5 Å². The van der Waals surface area contributed by atoms with Crippen molar-refractivity contribution in [3.63, 3.8) is 0 Å². The van der Waals surface area contributed by atoms with Crippen molar-refractivity contribution in [2.45, 2.75) is 5.41 Å². The molecule has 0 N–H and O–H groups in total. The zero-order valence-electron chi connectivity index (χ0n) is 30.4. The second-order valence-electron chi connectivity index (χ2n) is 14.9. The van der Waals surface area contributed by atoms with E-state index in [0.29, 0.717) is 5.82 Å². The lowest BCUT2D eigenvalue weighted by Gasteiger charge is -2.39. The monoisotopic (exact) mass is 711 g/mol. The molecule has 0 unspecified atom stereocenters. The highest BCUT2D eigenvalue weighted by Gasteiger charge is 2.50. The van der Waals surface area contributed by atoms with E-state index in [0.717, 1.165) is 33.6 Å². The number of para-hydroxylation sites is 2. The Labute approximate surface area is 324 Å². The van der Waals surface area contributed by atoms with E-state index in [4.69, 9.17) is 9.97 Å². The Bertz CT molecular complexity index is 3070. The van der Waals surface area contributed by atoms with Gasteiger partial charge in [0.25, 0.3) is 0 Å². The lowest BCUT2D eigenvalue weighted by Crippen LogP contribution is -2.33. The van der Waals surface area contributed by atoms with Gasteiger partial charge < -0.3 is 4.57 Å². The number of rotatable bonds is 4. The highest BCUT2D eigenvalue weighted by atomic mass is 15.0. The molecule has 0 saturated carbocycles. The summed E-state index contributed by atoms with van der Waals surface area (Å²) in [7, 11) is 0. The molecular weight excluding hydrogens is 679 g/mol. The molecule has 3 heterocycles. The average Bonchev–Trinajstić information content (AvgIpc) is 3.77. The topological polar surface area (TPSA) is 30.7 Å². The quantitative estimate of drug-likeness (QED) is 0.182. The van der Waals surface area contributed by atoms with Gasteiger partial charge in [-0.2, -0.15) is 0 Å². The Kier molecular flexibility index (Phi) is 6.55. The van der Waals surface area contributed by atoms with Gasteiger partial charge in [-0.25, -0.2) is 9.97 Å². The Balaban J connectivity index is 1.05. The van der Waals surface area contributed by atoms with Crippen LogP contribution in [-0.2, 0) is 5.41 Å². The lowest BCUT2D eigenvalue weighted by molar-refractivity contribution is 0.748. The Hall–Kier alpha value is -7.36. The number of hydrogen-bond acceptors (Lipinski definition) is 2. The summed E-state index contributed by atoms with van der Waals surface area (Å²) < 4.78 is 2.52. The molecule has 8 aromatic carbocycles. The van der Waals surface area contributed by atoms with Crippen LogP contribution in [0.1, 0.15) is 22.3 Å². The second-order valence-corrected chi connectivity index (χ2v) is 14.9. The van der Waals surface area contributed by atoms with Crippen LogP contribution in [0, 0.1) is 0 Å². The lowest BCUT2D eigenvalue weighted by atomic mass is 9.65. The second kappa shape index (κ2) is 11.8. The number of fused-ring (bicyclic) bond motifs is 12. The number of benzene rings is 8. The largest absolute Gasteiger partial charge is 0.309 e. The minimum Gasteiger partial charge on any atom is -0.309 e. The van der Waals surface area contributed by atoms with Crippen LogP contribution < -0.4 is 0 Å². The number of hydrogen-bond donors (Lipinski definition) is 0. The number of aromatic nitrogens is 3. The van der Waals surface area contributed by atoms with E-state index in [1.165, 1.54) is 66.4 Å². The predicted octanol–water partition coefficient (Wildman–Crippen LogP) is 12.9. The van der Waals surface area contributed by atoms with E-state index in [1.807, 2.05) is 12.1 Å². The zero-order chi connectivity index (χ0) is 36.8. The molecule has 1 spiro atoms. The van der Waals surface area contributed by atoms with E-state index >= 15 is 0 Å². The van der Waals surface area contributed by atoms with Crippen molar-refractivity contribution >= 4 is 21.8 Å². The fraction of sp³-hybridized carbons (Fsp3) is 0.0189. The Morgan fingerprint density at radius 2 is 0.893 bits per heavy atom. The molecule has 2 aliphatic rings. The summed E-state index contributed by atoms with van der Waals surface area (Å²) in [6.07, 6.45) is 0. The molecule has 3 nitrogen and oxygen atoms in total. The standard InChI is InChI=1S/C53H33N3/c1-3-14-35(15-4-1)47-33-48(36-16-5-2-6-17-36)55-52(54-47)37-28-26-34(27-29-37)38-30-31-45-50(32-38)56-49-25-12-9-20-41(49)42-21-13-24-46(51(42)56)53(45)43-22-10-7-18-39(43)40-19-8-11-23-44(40)53/h1-33H. The van der Waals surface area contributed by atoms with Gasteiger partial charge in [-0.05, 0) is 62.7 Å². The van der Waals surface area contributed by atoms with Gasteiger partial charge in [-0.3, -0.25) is 0 Å². The molecule has 0 atom stereocenters. The summed E-state index contributed by atoms with van der Waals surface area (Å²) in [5.41, 5.74) is 18.4. The zero-order valence-corrected chi connectivity index (χ0v) is 30.4. The van der Waals surface area contributed by atoms with E-state index in [2.05, 4.69) is 193 Å². The van der Waals surface area contributed by atoms with Gasteiger partial charge >= 0.3 is 0 Å². The fourth-order valence-corrected chi connectivity index (χ4v) is 9.65. The normalized spacial score (nSPS) is 13.1. The summed E-state index contributed by atoms with van der Waals surface area (Å²) in [5.74, 6) is 0.709. The van der Waals surface area contributed by atoms with Crippen LogP contribution in [0.5, 0.6) is 0 Å². The molecule has 0 saturated heterocycles. The van der Waals surface area contributed by atoms with E-state index in [9.17, 15) is 0 Å². The highest BCUT2D eigenvalue weighted by Crippen LogP contribution is 2.61. The summed E-state index contributed by atoms with van der Waals surface area (Å²) >= 11 is 0. The first-order chi connectivity index (χ1) is 27.8. The van der Waals surface area contributed by atoms with E-state index < -0.39 is 5.41 Å². The van der Waals surface area contributed by atoms with Crippen molar-refractivity contribution in [1.82, 2.24) is 14.5 Å². The minimum absolute atomic E-state index is 0.452. The van der Waals surface area contributed by atoms with Crippen molar-refractivity contribution < 1.29 is 0 Å². The Morgan fingerprint density at radius 3 is 1.57 bits per heavy atom. The van der Waals surface area contributed by atoms with Crippen molar-refractivity contribution in [2.24, 2.45) is 0 Å². The molecule has 1 aliphatic carbocycles. The maximum Gasteiger partial charge on any atom is 0.160 e. The van der Waals surface area contributed by atoms with Gasteiger partial charge in [0.05, 0.1) is 33.5 Å². The fourth-order valence-electron chi connectivity index (χ4n) is 9.65. The molecule has 1 aliphatic heterocycles. The van der Waals surface area contributed by atoms with Crippen LogP contribution in [0.25, 0.3) is 83.6 Å². The van der Waals surface area contributed by atoms with Crippen LogP contribution >= 0.6 is 0 Å². The Morgan fingerprint density at radius 1 is 0.357 bits per heavy atom. The molecule has 10 aromatic rings. The van der Waals surface area contributed by atoms with Gasteiger partial charge in [0.1, 0.15) is 0 Å². The summed E-state index contributed by atoms with van der Waals surface area (Å²) in [5, 5.41) is 2.56. The van der Waals surface area contributed by atoms with Gasteiger partial charge in [0.2, 0.25) is 0 Å². The van der Waals surface area contributed by atoms with E-state index in [1.54, 1.807) is 0 Å². The van der Waals surface area contributed by atoms with Crippen LogP contribution in [-0.4, -0.2) is 14.5 Å². The summed E-state index contributed by atoms with van der Waals surface area (Å²) in [4.78, 5) is 10.2. The third-order valence-corrected chi connectivity index (χ3v) is 12.0. The van der Waals surface area contributed by atoms with Gasteiger partial charge in [-0.1, -0.05) is 182 Å². The number of nitrogens with zero attached hydrogens (tertiary/aromatic N) is 3. The van der Waals surface area contributed by atoms with Crippen molar-refractivity contribution in [1.29, 1.82) is 0 Å². The third-order valence-electron chi connectivity index (χ3n) is 12.0. The van der Waals surface area contributed by atoms with Crippen LogP contribution in [0.15, 0.2) is 200 Å².